The molecule has 2 aliphatic rings. The van der Waals surface area contributed by atoms with Gasteiger partial charge in [-0.3, -0.25) is 19.2 Å². The lowest BCUT2D eigenvalue weighted by Gasteiger charge is -2.30. The van der Waals surface area contributed by atoms with Crippen LogP contribution in [0, 0.1) is 46.7 Å². The maximum absolute atomic E-state index is 13.1. The summed E-state index contributed by atoms with van der Waals surface area (Å²) in [5, 5.41) is 0.313. The van der Waals surface area contributed by atoms with Crippen molar-refractivity contribution in [1.82, 2.24) is 9.80 Å². The van der Waals surface area contributed by atoms with Crippen LogP contribution < -0.4 is 0 Å². The third kappa shape index (κ3) is 10.6. The number of alkyl halides is 1. The van der Waals surface area contributed by atoms with Crippen LogP contribution in [0.25, 0.3) is 17.7 Å². The summed E-state index contributed by atoms with van der Waals surface area (Å²) in [5.74, 6) is -9.53. The molecular weight excluding hydrogens is 698 g/mol. The van der Waals surface area contributed by atoms with E-state index in [1.165, 1.54) is 23.1 Å². The van der Waals surface area contributed by atoms with Crippen LogP contribution in [-0.4, -0.2) is 75.7 Å². The Kier molecular flexibility index (Phi) is 13.8. The monoisotopic (exact) mass is 726 g/mol. The molecule has 2 saturated heterocycles. The predicted octanol–water partition coefficient (Wildman–Crippen LogP) is 5.55. The van der Waals surface area contributed by atoms with Crippen molar-refractivity contribution < 1.29 is 50.3 Å². The summed E-state index contributed by atoms with van der Waals surface area (Å²) in [7, 11) is 0. The molecule has 2 fully saturated rings. The Morgan fingerprint density at radius 3 is 1.40 bits per heavy atom. The van der Waals surface area contributed by atoms with Gasteiger partial charge in [0.25, 0.3) is 0 Å². The highest BCUT2D eigenvalue weighted by Crippen LogP contribution is 2.21. The fraction of sp³-hybridized carbons (Fsp3) is 0.344. The number of hydrogen-bond acceptors (Lipinski definition) is 4. The van der Waals surface area contributed by atoms with Crippen LogP contribution in [0.1, 0.15) is 36.8 Å². The highest BCUT2D eigenvalue weighted by atomic mass is 79.9. The second-order valence-corrected chi connectivity index (χ2v) is 11.3. The van der Waals surface area contributed by atoms with E-state index in [1.54, 1.807) is 4.90 Å². The Hall–Kier alpha value is -4.36. The molecule has 0 aliphatic carbocycles. The maximum Gasteiger partial charge on any atom is 0.323 e. The Bertz CT molecular complexity index is 1570. The molecule has 0 unspecified atom stereocenters. The van der Waals surface area contributed by atoms with Gasteiger partial charge in [-0.1, -0.05) is 15.9 Å². The van der Waals surface area contributed by atoms with Crippen LogP contribution in [-0.2, 0) is 19.2 Å². The quantitative estimate of drug-likeness (QED) is 0.0676. The van der Waals surface area contributed by atoms with Crippen molar-refractivity contribution in [2.75, 3.05) is 31.5 Å². The van der Waals surface area contributed by atoms with Gasteiger partial charge in [0.1, 0.15) is 5.78 Å². The second-order valence-electron chi connectivity index (χ2n) is 10.7. The van der Waals surface area contributed by atoms with Crippen molar-refractivity contribution in [3.8, 4) is 0 Å². The lowest BCUT2D eigenvalue weighted by molar-refractivity contribution is -0.130. The molecule has 2 amide bonds. The van der Waals surface area contributed by atoms with E-state index in [0.717, 1.165) is 36.6 Å². The van der Waals surface area contributed by atoms with Crippen LogP contribution in [0.3, 0.4) is 0 Å². The molecule has 2 aliphatic heterocycles. The molecule has 0 aromatic heterocycles. The molecule has 8 nitrogen and oxygen atoms in total. The van der Waals surface area contributed by atoms with Gasteiger partial charge in [-0.2, -0.15) is 4.79 Å². The van der Waals surface area contributed by atoms with Gasteiger partial charge in [-0.25, -0.2) is 26.3 Å². The Morgan fingerprint density at radius 1 is 0.702 bits per heavy atom. The number of ketones is 2. The van der Waals surface area contributed by atoms with E-state index in [0.29, 0.717) is 57.2 Å². The molecule has 2 aromatic carbocycles. The van der Waals surface area contributed by atoms with E-state index >= 15 is 0 Å². The lowest BCUT2D eigenvalue weighted by atomic mass is 9.93. The van der Waals surface area contributed by atoms with Crippen molar-refractivity contribution in [3.63, 3.8) is 0 Å². The molecule has 4 rings (SSSR count). The Labute approximate surface area is 274 Å². The third-order valence-corrected chi connectivity index (χ3v) is 8.19. The predicted molar refractivity (Wildman–Crippen MR) is 163 cm³/mol. The van der Waals surface area contributed by atoms with Crippen molar-refractivity contribution >= 4 is 57.7 Å². The highest BCUT2D eigenvalue weighted by molar-refractivity contribution is 9.09. The molecule has 0 saturated carbocycles. The standard InChI is InChI=1S/C16H15BrF3NO2.C16H14F3N3O2/c17-9-14(22)11-3-5-21(6-4-11)15(23)2-1-10-7-12(18)16(20)13(19)8-10;17-12-7-10(8-13(18)16(12)19)1-2-15(24)22-5-3-11(4-6-22)14(23)9-21-20/h1-2,7-8,11H,3-6,9H2;1-2,7-9,11H,3-6H2/b2*2-1+. The second kappa shape index (κ2) is 17.5. The number of likely N-dealkylation sites (tertiary alicyclic amines) is 2. The number of Topliss-reactive ketones (excluding diaryl/α,β-unsaturated/α-hetero) is 2. The highest BCUT2D eigenvalue weighted by Gasteiger charge is 2.28. The normalized spacial score (nSPS) is 15.7. The first-order chi connectivity index (χ1) is 22.3. The van der Waals surface area contributed by atoms with Crippen LogP contribution in [0.2, 0.25) is 0 Å². The molecular formula is C32H29BrF6N4O4. The molecule has 0 atom stereocenters. The Balaban J connectivity index is 0.000000256. The first-order valence-electron chi connectivity index (χ1n) is 14.4. The van der Waals surface area contributed by atoms with E-state index in [-0.39, 0.29) is 46.3 Å². The summed E-state index contributed by atoms with van der Waals surface area (Å²) >= 11 is 3.13. The molecule has 0 N–H and O–H groups in total. The minimum atomic E-state index is -1.56. The molecule has 2 heterocycles. The zero-order valence-electron chi connectivity index (χ0n) is 24.8. The van der Waals surface area contributed by atoms with Crippen molar-refractivity contribution in [1.29, 1.82) is 0 Å². The van der Waals surface area contributed by atoms with E-state index < -0.39 is 34.9 Å². The van der Waals surface area contributed by atoms with Crippen molar-refractivity contribution in [2.45, 2.75) is 25.7 Å². The van der Waals surface area contributed by atoms with E-state index in [4.69, 9.17) is 5.53 Å². The van der Waals surface area contributed by atoms with Crippen LogP contribution in [0.4, 0.5) is 26.3 Å². The average Bonchev–Trinajstić information content (AvgIpc) is 3.07. The summed E-state index contributed by atoms with van der Waals surface area (Å²) < 4.78 is 78.1. The number of rotatable bonds is 8. The van der Waals surface area contributed by atoms with Crippen molar-refractivity contribution in [2.24, 2.45) is 11.8 Å². The number of piperidine rings is 2. The lowest BCUT2D eigenvalue weighted by Crippen LogP contribution is -2.39. The minimum Gasteiger partial charge on any atom is -0.361 e. The molecule has 250 valence electrons. The summed E-state index contributed by atoms with van der Waals surface area (Å²) in [6, 6.07) is 3.23. The Morgan fingerprint density at radius 2 is 1.06 bits per heavy atom. The fourth-order valence-electron chi connectivity index (χ4n) is 4.97. The largest absolute Gasteiger partial charge is 0.361 e. The van der Waals surface area contributed by atoms with E-state index in [1.807, 2.05) is 0 Å². The fourth-order valence-corrected chi connectivity index (χ4v) is 5.42. The number of halogens is 7. The summed E-state index contributed by atoms with van der Waals surface area (Å²) in [4.78, 5) is 53.0. The summed E-state index contributed by atoms with van der Waals surface area (Å²) in [6.07, 6.45) is 7.69. The molecule has 0 bridgehead atoms. The van der Waals surface area contributed by atoms with Gasteiger partial charge in [0.05, 0.1) is 5.33 Å². The number of carbonyl (C=O) groups is 4. The molecule has 0 radical (unpaired) electrons. The number of amides is 2. The van der Waals surface area contributed by atoms with Crippen LogP contribution in [0.15, 0.2) is 36.4 Å². The molecule has 47 heavy (non-hydrogen) atoms. The smallest absolute Gasteiger partial charge is 0.323 e. The zero-order valence-corrected chi connectivity index (χ0v) is 26.4. The number of benzene rings is 2. The average molecular weight is 728 g/mol. The van der Waals surface area contributed by atoms with Gasteiger partial charge >= 0.3 is 6.21 Å². The first-order valence-corrected chi connectivity index (χ1v) is 15.5. The van der Waals surface area contributed by atoms with Gasteiger partial charge < -0.3 is 15.3 Å². The number of nitrogens with zero attached hydrogens (tertiary/aromatic N) is 4. The molecule has 0 spiro atoms. The summed E-state index contributed by atoms with van der Waals surface area (Å²) in [5.41, 5.74) is 8.44. The van der Waals surface area contributed by atoms with E-state index in [2.05, 4.69) is 20.7 Å². The van der Waals surface area contributed by atoms with Gasteiger partial charge in [-0.15, -0.1) is 0 Å². The maximum atomic E-state index is 13.1. The minimum absolute atomic E-state index is 0.0315. The van der Waals surface area contributed by atoms with Crippen LogP contribution in [0.5, 0.6) is 0 Å². The van der Waals surface area contributed by atoms with Gasteiger partial charge in [-0.05, 0) is 73.2 Å². The molecule has 2 aromatic rings. The topological polar surface area (TPSA) is 111 Å². The summed E-state index contributed by atoms with van der Waals surface area (Å²) in [6.45, 7) is 1.59. The number of hydrogen-bond donors (Lipinski definition) is 0. The van der Waals surface area contributed by atoms with Crippen LogP contribution >= 0.6 is 15.9 Å². The van der Waals surface area contributed by atoms with Crippen molar-refractivity contribution in [3.05, 3.63) is 88.0 Å². The molecule has 15 heteroatoms. The van der Waals surface area contributed by atoms with E-state index in [9.17, 15) is 45.5 Å². The van der Waals surface area contributed by atoms with Gasteiger partial charge in [0.2, 0.25) is 17.6 Å². The van der Waals surface area contributed by atoms with Gasteiger partial charge in [0.15, 0.2) is 34.9 Å². The third-order valence-electron chi connectivity index (χ3n) is 7.64. The zero-order chi connectivity index (χ0) is 34.7. The SMILES string of the molecule is O=C(CBr)C1CCN(C(=O)/C=C/c2cc(F)c(F)c(F)c2)CC1.[N-]=[N+]=CC(=O)C1CCN(C(=O)/C=C/c2cc(F)c(F)c(F)c2)CC1. The number of carbonyl (C=O) groups excluding carboxylic acids is 4. The first kappa shape index (κ1) is 37.1. The van der Waals surface area contributed by atoms with Gasteiger partial charge in [0, 0.05) is 50.2 Å².